The van der Waals surface area contributed by atoms with Gasteiger partial charge in [0, 0.05) is 22.0 Å². The van der Waals surface area contributed by atoms with Crippen LogP contribution in [0.5, 0.6) is 11.5 Å². The van der Waals surface area contributed by atoms with Gasteiger partial charge in [-0.15, -0.1) is 0 Å². The SMILES string of the molecule is COc1ccc([C@@H]2Nc3ccccc3C(=O)N2c2ccccc2)cc1COc1cc(C)c(Cl)cc1C(C)C. The number of aryl methyl sites for hydroxylation is 1. The topological polar surface area (TPSA) is 50.8 Å². The van der Waals surface area contributed by atoms with Gasteiger partial charge in [0.2, 0.25) is 0 Å². The van der Waals surface area contributed by atoms with Crippen molar-refractivity contribution in [3.8, 4) is 11.5 Å². The molecular formula is C32H31ClN2O3. The highest BCUT2D eigenvalue weighted by Gasteiger charge is 2.34. The summed E-state index contributed by atoms with van der Waals surface area (Å²) >= 11 is 6.40. The Morgan fingerprint density at radius 2 is 1.68 bits per heavy atom. The summed E-state index contributed by atoms with van der Waals surface area (Å²) in [5.74, 6) is 1.73. The summed E-state index contributed by atoms with van der Waals surface area (Å²) in [7, 11) is 1.65. The van der Waals surface area contributed by atoms with E-state index in [1.807, 2.05) is 91.9 Å². The minimum absolute atomic E-state index is 0.0533. The van der Waals surface area contributed by atoms with Crippen molar-refractivity contribution in [1.82, 2.24) is 0 Å². The Labute approximate surface area is 229 Å². The van der Waals surface area contributed by atoms with Gasteiger partial charge < -0.3 is 14.8 Å². The molecule has 1 amide bonds. The van der Waals surface area contributed by atoms with E-state index in [4.69, 9.17) is 21.1 Å². The summed E-state index contributed by atoms with van der Waals surface area (Å²) in [6, 6.07) is 27.3. The Bertz CT molecular complexity index is 1470. The molecule has 0 aliphatic carbocycles. The first-order valence-corrected chi connectivity index (χ1v) is 13.1. The van der Waals surface area contributed by atoms with Crippen molar-refractivity contribution in [2.45, 2.75) is 39.5 Å². The first-order valence-electron chi connectivity index (χ1n) is 12.7. The van der Waals surface area contributed by atoms with E-state index < -0.39 is 6.17 Å². The molecule has 0 spiro atoms. The van der Waals surface area contributed by atoms with E-state index in [9.17, 15) is 4.79 Å². The van der Waals surface area contributed by atoms with Crippen molar-refractivity contribution in [1.29, 1.82) is 0 Å². The Morgan fingerprint density at radius 1 is 0.947 bits per heavy atom. The number of nitrogens with one attached hydrogen (secondary N) is 1. The molecule has 1 atom stereocenters. The molecule has 194 valence electrons. The van der Waals surface area contributed by atoms with Crippen LogP contribution in [-0.4, -0.2) is 13.0 Å². The van der Waals surface area contributed by atoms with Crippen molar-refractivity contribution in [3.05, 3.63) is 118 Å². The first kappa shape index (κ1) is 25.7. The Morgan fingerprint density at radius 3 is 2.42 bits per heavy atom. The Balaban J connectivity index is 1.52. The van der Waals surface area contributed by atoms with E-state index in [1.54, 1.807) is 12.0 Å². The minimum atomic E-state index is -0.409. The number of nitrogens with zero attached hydrogens (tertiary/aromatic N) is 1. The zero-order valence-electron chi connectivity index (χ0n) is 22.0. The smallest absolute Gasteiger partial charge is 0.262 e. The molecule has 4 aromatic carbocycles. The monoisotopic (exact) mass is 526 g/mol. The molecule has 5 nitrogen and oxygen atoms in total. The number of fused-ring (bicyclic) bond motifs is 1. The molecule has 4 aromatic rings. The van der Waals surface area contributed by atoms with Crippen LogP contribution in [0.2, 0.25) is 5.02 Å². The molecule has 0 saturated heterocycles. The molecule has 0 radical (unpaired) electrons. The predicted octanol–water partition coefficient (Wildman–Crippen LogP) is 8.13. The van der Waals surface area contributed by atoms with Crippen molar-refractivity contribution < 1.29 is 14.3 Å². The van der Waals surface area contributed by atoms with Crippen LogP contribution in [0.1, 0.15) is 58.5 Å². The second-order valence-corrected chi connectivity index (χ2v) is 10.2. The van der Waals surface area contributed by atoms with E-state index in [1.165, 1.54) is 0 Å². The Kier molecular flexibility index (Phi) is 7.30. The lowest BCUT2D eigenvalue weighted by Gasteiger charge is -2.38. The number of methoxy groups -OCH3 is 1. The fourth-order valence-electron chi connectivity index (χ4n) is 4.83. The van der Waals surface area contributed by atoms with E-state index in [-0.39, 0.29) is 11.8 Å². The highest BCUT2D eigenvalue weighted by molar-refractivity contribution is 6.31. The average Bonchev–Trinajstić information content (AvgIpc) is 2.93. The van der Waals surface area contributed by atoms with E-state index in [0.717, 1.165) is 50.2 Å². The number of halogens is 1. The van der Waals surface area contributed by atoms with Gasteiger partial charge in [-0.05, 0) is 78.1 Å². The van der Waals surface area contributed by atoms with Gasteiger partial charge in [-0.25, -0.2) is 0 Å². The Hall–Kier alpha value is -3.96. The number of carbonyl (C=O) groups is 1. The van der Waals surface area contributed by atoms with Gasteiger partial charge >= 0.3 is 0 Å². The van der Waals surface area contributed by atoms with Gasteiger partial charge in [0.1, 0.15) is 24.3 Å². The van der Waals surface area contributed by atoms with Crippen molar-refractivity contribution >= 4 is 28.9 Å². The molecule has 6 heteroatoms. The molecule has 0 unspecified atom stereocenters. The van der Waals surface area contributed by atoms with E-state index in [2.05, 4.69) is 19.2 Å². The number of amides is 1. The number of rotatable bonds is 7. The molecule has 0 bridgehead atoms. The zero-order chi connectivity index (χ0) is 26.8. The fraction of sp³-hybridized carbons (Fsp3) is 0.219. The molecule has 38 heavy (non-hydrogen) atoms. The van der Waals surface area contributed by atoms with Crippen molar-refractivity contribution in [2.24, 2.45) is 0 Å². The number of para-hydroxylation sites is 2. The third kappa shape index (κ3) is 4.94. The van der Waals surface area contributed by atoms with Gasteiger partial charge in [0.15, 0.2) is 0 Å². The lowest BCUT2D eigenvalue weighted by atomic mass is 10.00. The summed E-state index contributed by atoms with van der Waals surface area (Å²) in [5.41, 5.74) is 6.10. The number of benzene rings is 4. The van der Waals surface area contributed by atoms with Gasteiger partial charge in [0.25, 0.3) is 5.91 Å². The summed E-state index contributed by atoms with van der Waals surface area (Å²) in [6.45, 7) is 6.52. The lowest BCUT2D eigenvalue weighted by molar-refractivity contribution is 0.0975. The fourth-order valence-corrected chi connectivity index (χ4v) is 5.00. The molecule has 5 rings (SSSR count). The largest absolute Gasteiger partial charge is 0.496 e. The van der Waals surface area contributed by atoms with Gasteiger partial charge in [0.05, 0.1) is 12.7 Å². The highest BCUT2D eigenvalue weighted by atomic mass is 35.5. The molecule has 1 N–H and O–H groups in total. The van der Waals surface area contributed by atoms with Crippen LogP contribution in [0.3, 0.4) is 0 Å². The predicted molar refractivity (Wildman–Crippen MR) is 154 cm³/mol. The third-order valence-corrected chi connectivity index (χ3v) is 7.28. The molecule has 0 aromatic heterocycles. The van der Waals surface area contributed by atoms with Gasteiger partial charge in [-0.2, -0.15) is 0 Å². The van der Waals surface area contributed by atoms with Crippen LogP contribution >= 0.6 is 11.6 Å². The standard InChI is InChI=1S/C32H31ClN2O3/c1-20(2)26-18-27(33)21(3)16-30(26)38-19-23-17-22(14-15-29(23)37-4)31-34-28-13-9-8-12-25(28)32(36)35(31)24-10-6-5-7-11-24/h5-18,20,31,34H,19H2,1-4H3/t31-/m1/s1. The van der Waals surface area contributed by atoms with Gasteiger partial charge in [-0.3, -0.25) is 9.69 Å². The molecular weight excluding hydrogens is 496 g/mol. The average molecular weight is 527 g/mol. The summed E-state index contributed by atoms with van der Waals surface area (Å²) < 4.78 is 12.0. The number of hydrogen-bond donors (Lipinski definition) is 1. The number of hydrogen-bond acceptors (Lipinski definition) is 4. The molecule has 1 aliphatic rings. The number of anilines is 2. The summed E-state index contributed by atoms with van der Waals surface area (Å²) in [6.07, 6.45) is -0.409. The van der Waals surface area contributed by atoms with Crippen molar-refractivity contribution in [3.63, 3.8) is 0 Å². The maximum Gasteiger partial charge on any atom is 0.262 e. The van der Waals surface area contributed by atoms with Crippen LogP contribution in [0, 0.1) is 6.92 Å². The number of carbonyl (C=O) groups excluding carboxylic acids is 1. The van der Waals surface area contributed by atoms with E-state index >= 15 is 0 Å². The van der Waals surface area contributed by atoms with Crippen LogP contribution in [0.25, 0.3) is 0 Å². The van der Waals surface area contributed by atoms with Crippen LogP contribution in [-0.2, 0) is 6.61 Å². The van der Waals surface area contributed by atoms with E-state index in [0.29, 0.717) is 12.2 Å². The second-order valence-electron chi connectivity index (χ2n) is 9.76. The normalized spacial score (nSPS) is 14.7. The molecule has 0 saturated carbocycles. The zero-order valence-corrected chi connectivity index (χ0v) is 22.8. The third-order valence-electron chi connectivity index (χ3n) is 6.88. The number of ether oxygens (including phenoxy) is 2. The lowest BCUT2D eigenvalue weighted by Crippen LogP contribution is -2.43. The van der Waals surface area contributed by atoms with Crippen LogP contribution < -0.4 is 19.7 Å². The van der Waals surface area contributed by atoms with Crippen LogP contribution in [0.15, 0.2) is 84.9 Å². The highest BCUT2D eigenvalue weighted by Crippen LogP contribution is 2.38. The molecule has 1 heterocycles. The molecule has 0 fully saturated rings. The summed E-state index contributed by atoms with van der Waals surface area (Å²) in [4.78, 5) is 15.5. The summed E-state index contributed by atoms with van der Waals surface area (Å²) in [5, 5.41) is 4.31. The maximum absolute atomic E-state index is 13.7. The second kappa shape index (κ2) is 10.8. The van der Waals surface area contributed by atoms with Crippen LogP contribution in [0.4, 0.5) is 11.4 Å². The minimum Gasteiger partial charge on any atom is -0.496 e. The first-order chi connectivity index (χ1) is 18.4. The van der Waals surface area contributed by atoms with Crippen molar-refractivity contribution in [2.75, 3.05) is 17.3 Å². The quantitative estimate of drug-likeness (QED) is 0.264. The van der Waals surface area contributed by atoms with Gasteiger partial charge in [-0.1, -0.05) is 61.8 Å². The molecule has 1 aliphatic heterocycles. The maximum atomic E-state index is 13.7.